The first kappa shape index (κ1) is 14.6. The van der Waals surface area contributed by atoms with E-state index in [4.69, 9.17) is 11.6 Å². The Labute approximate surface area is 121 Å². The SMILES string of the molecule is CC(C)c1nc(Cl)cc(NCC2(C)CCCCC2)n1. The van der Waals surface area contributed by atoms with E-state index in [0.717, 1.165) is 18.2 Å². The summed E-state index contributed by atoms with van der Waals surface area (Å²) >= 11 is 6.06. The van der Waals surface area contributed by atoms with Gasteiger partial charge in [0.15, 0.2) is 0 Å². The summed E-state index contributed by atoms with van der Waals surface area (Å²) in [5.41, 5.74) is 0.396. The fourth-order valence-electron chi connectivity index (χ4n) is 2.67. The zero-order valence-corrected chi connectivity index (χ0v) is 12.9. The van der Waals surface area contributed by atoms with Gasteiger partial charge in [0.05, 0.1) is 0 Å². The van der Waals surface area contributed by atoms with E-state index in [1.165, 1.54) is 32.1 Å². The molecule has 0 radical (unpaired) electrons. The molecule has 1 aromatic heterocycles. The molecular weight excluding hydrogens is 258 g/mol. The quantitative estimate of drug-likeness (QED) is 0.817. The predicted octanol–water partition coefficient (Wildman–Crippen LogP) is 4.64. The second-order valence-corrected chi connectivity index (χ2v) is 6.70. The molecule has 1 aliphatic carbocycles. The molecule has 0 amide bonds. The largest absolute Gasteiger partial charge is 0.369 e. The zero-order chi connectivity index (χ0) is 13.9. The Morgan fingerprint density at radius 1 is 1.26 bits per heavy atom. The molecule has 1 N–H and O–H groups in total. The van der Waals surface area contributed by atoms with Gasteiger partial charge in [0.25, 0.3) is 0 Å². The molecule has 1 aromatic rings. The molecule has 0 aromatic carbocycles. The Balaban J connectivity index is 2.02. The Hall–Kier alpha value is -0.830. The molecule has 1 saturated carbocycles. The monoisotopic (exact) mass is 281 g/mol. The number of rotatable bonds is 4. The maximum Gasteiger partial charge on any atom is 0.135 e. The number of anilines is 1. The van der Waals surface area contributed by atoms with Crippen molar-refractivity contribution in [2.24, 2.45) is 5.41 Å². The molecule has 0 unspecified atom stereocenters. The van der Waals surface area contributed by atoms with Crippen molar-refractivity contribution in [2.45, 2.75) is 58.8 Å². The number of aromatic nitrogens is 2. The van der Waals surface area contributed by atoms with Crippen LogP contribution in [0.3, 0.4) is 0 Å². The van der Waals surface area contributed by atoms with E-state index in [9.17, 15) is 0 Å². The topological polar surface area (TPSA) is 37.8 Å². The first-order valence-electron chi connectivity index (χ1n) is 7.27. The average Bonchev–Trinajstić information content (AvgIpc) is 2.37. The third kappa shape index (κ3) is 4.07. The van der Waals surface area contributed by atoms with Crippen molar-refractivity contribution < 1.29 is 0 Å². The molecule has 1 fully saturated rings. The fraction of sp³-hybridized carbons (Fsp3) is 0.733. The van der Waals surface area contributed by atoms with Crippen LogP contribution in [0.1, 0.15) is 64.6 Å². The van der Waals surface area contributed by atoms with Crippen molar-refractivity contribution in [3.05, 3.63) is 17.0 Å². The van der Waals surface area contributed by atoms with E-state index >= 15 is 0 Å². The number of hydrogen-bond acceptors (Lipinski definition) is 3. The Bertz CT molecular complexity index is 425. The van der Waals surface area contributed by atoms with Crippen LogP contribution in [0.15, 0.2) is 6.07 Å². The van der Waals surface area contributed by atoms with Gasteiger partial charge in [-0.25, -0.2) is 9.97 Å². The van der Waals surface area contributed by atoms with Crippen LogP contribution in [0.2, 0.25) is 5.15 Å². The van der Waals surface area contributed by atoms with Gasteiger partial charge in [0, 0.05) is 18.5 Å². The van der Waals surface area contributed by atoms with E-state index in [1.54, 1.807) is 0 Å². The molecule has 1 heterocycles. The van der Waals surface area contributed by atoms with Crippen molar-refractivity contribution in [1.82, 2.24) is 9.97 Å². The molecule has 1 aliphatic rings. The van der Waals surface area contributed by atoms with Gasteiger partial charge in [0.1, 0.15) is 16.8 Å². The molecular formula is C15H24ClN3. The third-order valence-corrected chi connectivity index (χ3v) is 4.18. The van der Waals surface area contributed by atoms with E-state index in [0.29, 0.717) is 16.5 Å². The van der Waals surface area contributed by atoms with E-state index in [1.807, 2.05) is 6.07 Å². The molecule has 0 bridgehead atoms. The van der Waals surface area contributed by atoms with Gasteiger partial charge < -0.3 is 5.32 Å². The Morgan fingerprint density at radius 3 is 2.58 bits per heavy atom. The zero-order valence-electron chi connectivity index (χ0n) is 12.2. The highest BCUT2D eigenvalue weighted by molar-refractivity contribution is 6.29. The summed E-state index contributed by atoms with van der Waals surface area (Å²) in [6.07, 6.45) is 6.68. The van der Waals surface area contributed by atoms with Crippen LogP contribution in [-0.4, -0.2) is 16.5 Å². The van der Waals surface area contributed by atoms with Gasteiger partial charge in [-0.15, -0.1) is 0 Å². The normalized spacial score (nSPS) is 18.6. The standard InChI is InChI=1S/C15H24ClN3/c1-11(2)14-18-12(16)9-13(19-14)17-10-15(3)7-5-4-6-8-15/h9,11H,4-8,10H2,1-3H3,(H,17,18,19). The smallest absolute Gasteiger partial charge is 0.135 e. The highest BCUT2D eigenvalue weighted by atomic mass is 35.5. The maximum absolute atomic E-state index is 6.06. The third-order valence-electron chi connectivity index (χ3n) is 3.99. The Kier molecular flexibility index (Phi) is 4.67. The lowest BCUT2D eigenvalue weighted by Crippen LogP contribution is -2.29. The number of halogens is 1. The van der Waals surface area contributed by atoms with Crippen LogP contribution in [0, 0.1) is 5.41 Å². The molecule has 19 heavy (non-hydrogen) atoms. The van der Waals surface area contributed by atoms with Gasteiger partial charge in [-0.05, 0) is 18.3 Å². The number of hydrogen-bond donors (Lipinski definition) is 1. The van der Waals surface area contributed by atoms with Crippen LogP contribution in [0.4, 0.5) is 5.82 Å². The van der Waals surface area contributed by atoms with Gasteiger partial charge in [-0.2, -0.15) is 0 Å². The van der Waals surface area contributed by atoms with Crippen LogP contribution in [0.25, 0.3) is 0 Å². The van der Waals surface area contributed by atoms with Crippen molar-refractivity contribution in [3.63, 3.8) is 0 Å². The minimum Gasteiger partial charge on any atom is -0.369 e. The van der Waals surface area contributed by atoms with E-state index < -0.39 is 0 Å². The van der Waals surface area contributed by atoms with Gasteiger partial charge in [-0.3, -0.25) is 0 Å². The van der Waals surface area contributed by atoms with Gasteiger partial charge in [-0.1, -0.05) is 51.6 Å². The second kappa shape index (κ2) is 6.08. The van der Waals surface area contributed by atoms with Gasteiger partial charge in [0.2, 0.25) is 0 Å². The lowest BCUT2D eigenvalue weighted by Gasteiger charge is -2.33. The summed E-state index contributed by atoms with van der Waals surface area (Å²) in [5, 5.41) is 3.98. The van der Waals surface area contributed by atoms with Crippen LogP contribution < -0.4 is 5.32 Å². The van der Waals surface area contributed by atoms with Crippen molar-refractivity contribution >= 4 is 17.4 Å². The van der Waals surface area contributed by atoms with Gasteiger partial charge >= 0.3 is 0 Å². The summed E-state index contributed by atoms with van der Waals surface area (Å²) in [5.74, 6) is 1.96. The molecule has 0 atom stereocenters. The fourth-order valence-corrected chi connectivity index (χ4v) is 2.86. The summed E-state index contributed by atoms with van der Waals surface area (Å²) in [7, 11) is 0. The average molecular weight is 282 g/mol. The Morgan fingerprint density at radius 2 is 1.95 bits per heavy atom. The van der Waals surface area contributed by atoms with Crippen molar-refractivity contribution in [2.75, 3.05) is 11.9 Å². The maximum atomic E-state index is 6.06. The first-order chi connectivity index (χ1) is 8.98. The van der Waals surface area contributed by atoms with E-state index in [-0.39, 0.29) is 0 Å². The summed E-state index contributed by atoms with van der Waals surface area (Å²) in [4.78, 5) is 8.80. The molecule has 0 aliphatic heterocycles. The van der Waals surface area contributed by atoms with Crippen LogP contribution in [0.5, 0.6) is 0 Å². The highest BCUT2D eigenvalue weighted by Crippen LogP contribution is 2.35. The lowest BCUT2D eigenvalue weighted by atomic mass is 9.76. The molecule has 4 heteroatoms. The minimum absolute atomic E-state index is 0.296. The molecule has 0 spiro atoms. The van der Waals surface area contributed by atoms with Crippen molar-refractivity contribution in [1.29, 1.82) is 0 Å². The number of nitrogens with zero attached hydrogens (tertiary/aromatic N) is 2. The summed E-state index contributed by atoms with van der Waals surface area (Å²) in [6.45, 7) is 7.50. The molecule has 0 saturated heterocycles. The highest BCUT2D eigenvalue weighted by Gasteiger charge is 2.26. The first-order valence-corrected chi connectivity index (χ1v) is 7.65. The molecule has 106 valence electrons. The predicted molar refractivity (Wildman–Crippen MR) is 80.8 cm³/mol. The second-order valence-electron chi connectivity index (χ2n) is 6.31. The van der Waals surface area contributed by atoms with Crippen molar-refractivity contribution in [3.8, 4) is 0 Å². The lowest BCUT2D eigenvalue weighted by molar-refractivity contribution is 0.233. The van der Waals surface area contributed by atoms with E-state index in [2.05, 4.69) is 36.1 Å². The number of nitrogens with one attached hydrogen (secondary N) is 1. The summed E-state index contributed by atoms with van der Waals surface area (Å²) in [6, 6.07) is 1.82. The minimum atomic E-state index is 0.296. The molecule has 2 rings (SSSR count). The summed E-state index contributed by atoms with van der Waals surface area (Å²) < 4.78 is 0. The molecule has 3 nitrogen and oxygen atoms in total. The van der Waals surface area contributed by atoms with Crippen LogP contribution in [-0.2, 0) is 0 Å². The van der Waals surface area contributed by atoms with Crippen LogP contribution >= 0.6 is 11.6 Å².